The Labute approximate surface area is 166 Å². The average molecular weight is 500 g/mol. The molecule has 140 valence electrons. The van der Waals surface area contributed by atoms with Gasteiger partial charge in [0.15, 0.2) is 8.32 Å². The van der Waals surface area contributed by atoms with E-state index in [0.717, 1.165) is 27.7 Å². The fraction of sp³-hybridized carbons (Fsp3) is 0.812. The van der Waals surface area contributed by atoms with Gasteiger partial charge in [-0.05, 0) is 56.0 Å². The number of imidazole rings is 1. The van der Waals surface area contributed by atoms with Crippen LogP contribution in [0.4, 0.5) is 0 Å². The lowest BCUT2D eigenvalue weighted by atomic mass is 10.2. The molecule has 0 aliphatic heterocycles. The van der Waals surface area contributed by atoms with Gasteiger partial charge in [-0.15, -0.1) is 0 Å². The van der Waals surface area contributed by atoms with Crippen molar-refractivity contribution in [1.29, 1.82) is 0 Å². The molecule has 8 heteroatoms. The Balaban J connectivity index is 2.74. The Morgan fingerprint density at radius 1 is 1.08 bits per heavy atom. The first-order valence-electron chi connectivity index (χ1n) is 8.37. The molecule has 1 aromatic heterocycles. The lowest BCUT2D eigenvalue weighted by molar-refractivity contribution is 0.0805. The maximum atomic E-state index is 6.31. The third-order valence-corrected chi connectivity index (χ3v) is 12.6. The predicted molar refractivity (Wildman–Crippen MR) is 114 cm³/mol. The fourth-order valence-corrected chi connectivity index (χ4v) is 4.18. The molecule has 1 rings (SSSR count). The molecule has 0 amide bonds. The Bertz CT molecular complexity index is 549. The van der Waals surface area contributed by atoms with Crippen molar-refractivity contribution in [3.05, 3.63) is 15.0 Å². The molecule has 1 heterocycles. The summed E-state index contributed by atoms with van der Waals surface area (Å²) >= 11 is 7.09. The normalized spacial score (nSPS) is 13.6. The minimum absolute atomic E-state index is 0.187. The molecule has 0 spiro atoms. The van der Waals surface area contributed by atoms with Crippen molar-refractivity contribution < 1.29 is 9.16 Å². The van der Waals surface area contributed by atoms with Crippen molar-refractivity contribution in [1.82, 2.24) is 9.55 Å². The summed E-state index contributed by atoms with van der Waals surface area (Å²) < 4.78 is 16.0. The van der Waals surface area contributed by atoms with E-state index in [2.05, 4.69) is 90.4 Å². The van der Waals surface area contributed by atoms with E-state index in [1.165, 1.54) is 0 Å². The van der Waals surface area contributed by atoms with E-state index in [1.54, 1.807) is 0 Å². The molecule has 0 aliphatic rings. The van der Waals surface area contributed by atoms with Gasteiger partial charge in [-0.1, -0.05) is 40.4 Å². The highest BCUT2D eigenvalue weighted by atomic mass is 79.9. The molecular formula is C16H32Br2N2O2Si2. The van der Waals surface area contributed by atoms with Crippen LogP contribution in [0.5, 0.6) is 0 Å². The number of rotatable bonds is 8. The van der Waals surface area contributed by atoms with Crippen LogP contribution < -0.4 is 0 Å². The summed E-state index contributed by atoms with van der Waals surface area (Å²) in [6.07, 6.45) is 0. The van der Waals surface area contributed by atoms with Crippen LogP contribution in [0.15, 0.2) is 9.21 Å². The Morgan fingerprint density at radius 3 is 2.17 bits per heavy atom. The van der Waals surface area contributed by atoms with Gasteiger partial charge in [0.05, 0.1) is 6.61 Å². The van der Waals surface area contributed by atoms with E-state index in [0.29, 0.717) is 13.3 Å². The van der Waals surface area contributed by atoms with Gasteiger partial charge in [0.2, 0.25) is 0 Å². The van der Waals surface area contributed by atoms with Crippen LogP contribution in [0.25, 0.3) is 0 Å². The summed E-state index contributed by atoms with van der Waals surface area (Å²) in [7, 11) is -2.87. The summed E-state index contributed by atoms with van der Waals surface area (Å²) in [5.74, 6) is 0.895. The van der Waals surface area contributed by atoms with Gasteiger partial charge in [0.25, 0.3) is 0 Å². The van der Waals surface area contributed by atoms with Crippen LogP contribution in [0.1, 0.15) is 26.6 Å². The third-order valence-electron chi connectivity index (χ3n) is 4.53. The maximum Gasteiger partial charge on any atom is 0.192 e. The van der Waals surface area contributed by atoms with Gasteiger partial charge >= 0.3 is 0 Å². The highest BCUT2D eigenvalue weighted by Gasteiger charge is 2.37. The summed E-state index contributed by atoms with van der Waals surface area (Å²) in [6, 6.07) is 1.16. The SMILES string of the molecule is CC(C)(C)[Si](C)(C)OCc1nc(Br)c(Br)n1COCC[Si](C)(C)C. The van der Waals surface area contributed by atoms with Crippen molar-refractivity contribution >= 4 is 48.3 Å². The Morgan fingerprint density at radius 2 is 1.67 bits per heavy atom. The van der Waals surface area contributed by atoms with Gasteiger partial charge in [-0.25, -0.2) is 4.98 Å². The molecule has 0 unspecified atom stereocenters. The minimum atomic E-state index is -1.80. The van der Waals surface area contributed by atoms with Crippen LogP contribution in [-0.4, -0.2) is 32.5 Å². The van der Waals surface area contributed by atoms with E-state index < -0.39 is 16.4 Å². The smallest absolute Gasteiger partial charge is 0.192 e. The molecule has 0 saturated heterocycles. The van der Waals surface area contributed by atoms with E-state index in [9.17, 15) is 0 Å². The van der Waals surface area contributed by atoms with Gasteiger partial charge in [0, 0.05) is 14.7 Å². The molecule has 24 heavy (non-hydrogen) atoms. The zero-order chi connectivity index (χ0) is 18.8. The predicted octanol–water partition coefficient (Wildman–Crippen LogP) is 6.24. The topological polar surface area (TPSA) is 36.3 Å². The molecule has 0 aliphatic carbocycles. The van der Waals surface area contributed by atoms with Crippen molar-refractivity contribution in [2.75, 3.05) is 6.61 Å². The highest BCUT2D eigenvalue weighted by molar-refractivity contribution is 9.13. The number of hydrogen-bond acceptors (Lipinski definition) is 3. The van der Waals surface area contributed by atoms with Gasteiger partial charge in [0.1, 0.15) is 21.8 Å². The average Bonchev–Trinajstić information content (AvgIpc) is 2.66. The minimum Gasteiger partial charge on any atom is -0.409 e. The first-order valence-corrected chi connectivity index (χ1v) is 16.6. The summed E-state index contributed by atoms with van der Waals surface area (Å²) in [5.41, 5.74) is 0. The fourth-order valence-electron chi connectivity index (χ4n) is 1.68. The number of halogens is 2. The second kappa shape index (κ2) is 8.48. The van der Waals surface area contributed by atoms with Crippen LogP contribution in [0, 0.1) is 0 Å². The molecule has 0 aromatic carbocycles. The van der Waals surface area contributed by atoms with E-state index >= 15 is 0 Å². The monoisotopic (exact) mass is 498 g/mol. The second-order valence-electron chi connectivity index (χ2n) is 8.93. The standard InChI is InChI=1S/C16H32Br2N2O2Si2/c1-16(2,3)24(7,8)22-11-13-19-14(17)15(18)20(13)12-21-9-10-23(4,5)6/h9-12H2,1-8H3. The number of hydrogen-bond donors (Lipinski definition) is 0. The number of nitrogens with zero attached hydrogens (tertiary/aromatic N) is 2. The van der Waals surface area contributed by atoms with Crippen LogP contribution in [0.3, 0.4) is 0 Å². The maximum absolute atomic E-state index is 6.31. The van der Waals surface area contributed by atoms with E-state index in [1.807, 2.05) is 4.57 Å². The molecule has 0 saturated carbocycles. The van der Waals surface area contributed by atoms with Gasteiger partial charge in [-0.3, -0.25) is 4.57 Å². The third kappa shape index (κ3) is 6.68. The molecule has 0 bridgehead atoms. The van der Waals surface area contributed by atoms with E-state index in [4.69, 9.17) is 9.16 Å². The lowest BCUT2D eigenvalue weighted by Gasteiger charge is -2.36. The summed E-state index contributed by atoms with van der Waals surface area (Å²) in [6.45, 7) is 20.1. The second-order valence-corrected chi connectivity index (χ2v) is 20.9. The van der Waals surface area contributed by atoms with Gasteiger partial charge < -0.3 is 9.16 Å². The molecule has 0 radical (unpaired) electrons. The van der Waals surface area contributed by atoms with Crippen molar-refractivity contribution in [3.8, 4) is 0 Å². The summed E-state index contributed by atoms with van der Waals surface area (Å²) in [5, 5.41) is 0.187. The van der Waals surface area contributed by atoms with Crippen LogP contribution in [0.2, 0.25) is 43.8 Å². The van der Waals surface area contributed by atoms with E-state index in [-0.39, 0.29) is 5.04 Å². The molecule has 0 atom stereocenters. The van der Waals surface area contributed by atoms with Crippen molar-refractivity contribution in [3.63, 3.8) is 0 Å². The zero-order valence-electron chi connectivity index (χ0n) is 16.3. The van der Waals surface area contributed by atoms with Crippen molar-refractivity contribution in [2.45, 2.75) is 77.9 Å². The first kappa shape index (κ1) is 22.6. The number of ether oxygens (including phenoxy) is 1. The van der Waals surface area contributed by atoms with Crippen LogP contribution in [-0.2, 0) is 22.5 Å². The Hall–Kier alpha value is 0.524. The summed E-state index contributed by atoms with van der Waals surface area (Å²) in [4.78, 5) is 4.58. The lowest BCUT2D eigenvalue weighted by Crippen LogP contribution is -2.40. The van der Waals surface area contributed by atoms with Gasteiger partial charge in [-0.2, -0.15) is 0 Å². The largest absolute Gasteiger partial charge is 0.409 e. The quantitative estimate of drug-likeness (QED) is 0.313. The van der Waals surface area contributed by atoms with Crippen LogP contribution >= 0.6 is 31.9 Å². The number of aromatic nitrogens is 2. The molecule has 1 aromatic rings. The van der Waals surface area contributed by atoms with Crippen molar-refractivity contribution in [2.24, 2.45) is 0 Å². The highest BCUT2D eigenvalue weighted by Crippen LogP contribution is 2.37. The molecule has 4 nitrogen and oxygen atoms in total. The molecular weight excluding hydrogens is 468 g/mol. The molecule has 0 fully saturated rings. The zero-order valence-corrected chi connectivity index (χ0v) is 21.5. The molecule has 0 N–H and O–H groups in total. The Kier molecular flexibility index (Phi) is 7.97. The first-order chi connectivity index (χ1) is 10.7.